The molecule has 7 rings (SSSR count). The van der Waals surface area contributed by atoms with Crippen LogP contribution < -0.4 is 0 Å². The highest BCUT2D eigenvalue weighted by Crippen LogP contribution is 2.38. The summed E-state index contributed by atoms with van der Waals surface area (Å²) >= 11 is 0. The van der Waals surface area contributed by atoms with Gasteiger partial charge in [0.1, 0.15) is 153 Å². The molecule has 34 atom stereocenters. The van der Waals surface area contributed by atoms with Crippen LogP contribution in [0.1, 0.15) is 6.42 Å². The molecule has 0 bridgehead atoms. The van der Waals surface area contributed by atoms with E-state index in [4.69, 9.17) is 66.3 Å². The van der Waals surface area contributed by atoms with Crippen LogP contribution in [0, 0.1) is 0 Å². The molecule has 0 saturated carbocycles. The smallest absolute Gasteiger partial charge is 0.187 e. The number of aliphatic hydroxyl groups excluding tert-OH is 21. The third kappa shape index (κ3) is 13.3. The van der Waals surface area contributed by atoms with Crippen LogP contribution >= 0.6 is 0 Å². The lowest BCUT2D eigenvalue weighted by Gasteiger charge is -2.50. The summed E-state index contributed by atoms with van der Waals surface area (Å²) in [5.74, 6) is 0. The van der Waals surface area contributed by atoms with Gasteiger partial charge in [0, 0.05) is 13.5 Å². The van der Waals surface area contributed by atoms with Crippen LogP contribution in [0.3, 0.4) is 0 Å². The molecule has 0 aromatic heterocycles. The fraction of sp³-hybridized carbons (Fsp3) is 1.00. The van der Waals surface area contributed by atoms with E-state index in [0.29, 0.717) is 0 Å². The van der Waals surface area contributed by atoms with E-state index in [2.05, 4.69) is 0 Å². The number of methoxy groups -OCH3 is 1. The Kier molecular flexibility index (Phi) is 23.0. The van der Waals surface area contributed by atoms with Crippen LogP contribution in [0.2, 0.25) is 0 Å². The molecule has 7 saturated heterocycles. The van der Waals surface area contributed by atoms with Crippen molar-refractivity contribution >= 4 is 0 Å². The predicted molar refractivity (Wildman–Crippen MR) is 235 cm³/mol. The zero-order valence-corrected chi connectivity index (χ0v) is 41.4. The van der Waals surface area contributed by atoms with Crippen molar-refractivity contribution in [2.45, 2.75) is 215 Å². The molecule has 21 N–H and O–H groups in total. The molecule has 0 aliphatic carbocycles. The molecule has 456 valence electrons. The maximum atomic E-state index is 11.3. The number of hydrogen-bond acceptors (Lipinski definition) is 35. The van der Waals surface area contributed by atoms with Gasteiger partial charge in [-0.15, -0.1) is 0 Å². The second-order valence-electron chi connectivity index (χ2n) is 19.7. The maximum Gasteiger partial charge on any atom is 0.187 e. The van der Waals surface area contributed by atoms with Gasteiger partial charge in [0.15, 0.2) is 44.0 Å². The van der Waals surface area contributed by atoms with Crippen molar-refractivity contribution in [3.63, 3.8) is 0 Å². The summed E-state index contributed by atoms with van der Waals surface area (Å²) in [6.07, 6.45) is -62.4. The van der Waals surface area contributed by atoms with Crippen molar-refractivity contribution in [1.29, 1.82) is 0 Å². The van der Waals surface area contributed by atoms with E-state index in [9.17, 15) is 107 Å². The fourth-order valence-electron chi connectivity index (χ4n) is 10.2. The Balaban J connectivity index is 0.946. The highest BCUT2D eigenvalue weighted by atomic mass is 16.8. The van der Waals surface area contributed by atoms with Gasteiger partial charge in [-0.3, -0.25) is 0 Å². The first-order valence-corrected chi connectivity index (χ1v) is 24.9. The first-order chi connectivity index (χ1) is 37.1. The standard InChI is InChI=1S/C43H74O35/c1-65-37-25(59)19(53)31(12(4-45)67-37)74-39-27(61)21(55)33(14(6-47)69-39)76-41-29(63)23(57)35(16(8-49)71-41)78-43-30(64)24(58)36(17(9-50)72-43)77-42-28(62)22(56)34(15(7-48)70-42)75-40-26(60)20(54)32(13(5-46)68-40)73-38-18(52)11(51)2-10(3-44)66-38/h10-64H,2-9H2,1H3/t10-,11-,12+,13+,14+,15+,16+,17+,18+,19+,20+,21+,22+,23+,24+,25+,26+,27+,28+,29+,30+,31+,32+,33+,34+,35+,36+,37?,38?,39?,40?,41?,42?,43?/m0/s1. The monoisotopic (exact) mass is 1150 g/mol. The van der Waals surface area contributed by atoms with E-state index in [1.54, 1.807) is 0 Å². The molecule has 78 heavy (non-hydrogen) atoms. The van der Waals surface area contributed by atoms with Crippen LogP contribution in [0.25, 0.3) is 0 Å². The van der Waals surface area contributed by atoms with E-state index in [0.717, 1.165) is 7.11 Å². The minimum absolute atomic E-state index is 0.169. The Morgan fingerprint density at radius 2 is 0.474 bits per heavy atom. The molecule has 0 amide bonds. The summed E-state index contributed by atoms with van der Waals surface area (Å²) in [5.41, 5.74) is 0. The highest BCUT2D eigenvalue weighted by molar-refractivity contribution is 5.00. The molecule has 7 unspecified atom stereocenters. The van der Waals surface area contributed by atoms with Crippen LogP contribution in [0.4, 0.5) is 0 Å². The number of ether oxygens (including phenoxy) is 14. The summed E-state index contributed by atoms with van der Waals surface area (Å²) in [7, 11) is 1.16. The molecule has 35 heteroatoms. The number of aliphatic hydroxyl groups is 21. The Morgan fingerprint density at radius 1 is 0.269 bits per heavy atom. The van der Waals surface area contributed by atoms with Gasteiger partial charge >= 0.3 is 0 Å². The zero-order chi connectivity index (χ0) is 57.2. The van der Waals surface area contributed by atoms with Gasteiger partial charge in [-0.2, -0.15) is 0 Å². The first kappa shape index (κ1) is 64.2. The third-order valence-corrected chi connectivity index (χ3v) is 14.6. The van der Waals surface area contributed by atoms with E-state index in [1.165, 1.54) is 0 Å². The van der Waals surface area contributed by atoms with Crippen LogP contribution in [-0.2, 0) is 66.3 Å². The average molecular weight is 1150 g/mol. The van der Waals surface area contributed by atoms with E-state index in [-0.39, 0.29) is 6.42 Å². The molecule has 0 aromatic carbocycles. The first-order valence-electron chi connectivity index (χ1n) is 24.9. The van der Waals surface area contributed by atoms with Crippen molar-refractivity contribution in [2.75, 3.05) is 53.4 Å². The normalized spacial score (nSPS) is 52.5. The van der Waals surface area contributed by atoms with E-state index in [1.807, 2.05) is 0 Å². The molecule has 0 aromatic rings. The van der Waals surface area contributed by atoms with Crippen molar-refractivity contribution in [2.24, 2.45) is 0 Å². The Morgan fingerprint density at radius 3 is 0.679 bits per heavy atom. The SMILES string of the molecule is COC1O[C@H](CO)[C@@H](OC2O[C@H](CO)[C@@H](OC3O[C@H](CO)[C@@H](OC4O[C@H](CO)[C@@H](OC5O[C@H](CO)[C@@H](OC6O[C@H](CO)[C@@H](OC7O[C@H](CO)C[C@H](O)[C@H]7O)[C@H](O)[C@H]6O)[C@H](O)[C@H]5O)[C@H](O)[C@H]4O)[C@H](O)[C@H]3O)[C@H](O)[C@H]2O)[C@H](O)[C@H]1O. The predicted octanol–water partition coefficient (Wildman–Crippen LogP) is -14.6. The molecule has 35 nitrogen and oxygen atoms in total. The maximum absolute atomic E-state index is 11.3. The lowest BCUT2D eigenvalue weighted by atomic mass is 9.95. The van der Waals surface area contributed by atoms with Crippen LogP contribution in [0.15, 0.2) is 0 Å². The van der Waals surface area contributed by atoms with Crippen molar-refractivity contribution in [1.82, 2.24) is 0 Å². The fourth-order valence-corrected chi connectivity index (χ4v) is 10.2. The Labute approximate surface area is 441 Å². The molecule has 0 spiro atoms. The Hall–Kier alpha value is -1.40. The van der Waals surface area contributed by atoms with Gasteiger partial charge in [0.25, 0.3) is 0 Å². The van der Waals surface area contributed by atoms with Crippen LogP contribution in [-0.4, -0.2) is 369 Å². The van der Waals surface area contributed by atoms with Gasteiger partial charge in [-0.1, -0.05) is 0 Å². The molecule has 0 radical (unpaired) electrons. The molecule has 7 heterocycles. The molecular formula is C43H74O35. The average Bonchev–Trinajstić information content (AvgIpc) is 3.55. The quantitative estimate of drug-likeness (QED) is 0.0538. The van der Waals surface area contributed by atoms with Crippen molar-refractivity contribution in [3.05, 3.63) is 0 Å². The van der Waals surface area contributed by atoms with Gasteiger partial charge in [0.05, 0.1) is 58.5 Å². The third-order valence-electron chi connectivity index (χ3n) is 14.6. The molecule has 7 aliphatic rings. The summed E-state index contributed by atoms with van der Waals surface area (Å²) in [5, 5.41) is 224. The zero-order valence-electron chi connectivity index (χ0n) is 41.4. The van der Waals surface area contributed by atoms with E-state index >= 15 is 0 Å². The molecule has 7 aliphatic heterocycles. The van der Waals surface area contributed by atoms with Gasteiger partial charge < -0.3 is 174 Å². The van der Waals surface area contributed by atoms with Crippen LogP contribution in [0.5, 0.6) is 0 Å². The molecule has 7 fully saturated rings. The minimum atomic E-state index is -2.21. The van der Waals surface area contributed by atoms with Gasteiger partial charge in [-0.25, -0.2) is 0 Å². The lowest BCUT2D eigenvalue weighted by Crippen LogP contribution is -2.68. The van der Waals surface area contributed by atoms with Crippen molar-refractivity contribution in [3.8, 4) is 0 Å². The largest absolute Gasteiger partial charge is 0.394 e. The summed E-state index contributed by atoms with van der Waals surface area (Å²) in [4.78, 5) is 0. The minimum Gasteiger partial charge on any atom is -0.394 e. The summed E-state index contributed by atoms with van der Waals surface area (Å²) in [6, 6.07) is 0. The molecular weight excluding hydrogens is 1080 g/mol. The van der Waals surface area contributed by atoms with E-state index < -0.39 is 255 Å². The van der Waals surface area contributed by atoms with Gasteiger partial charge in [0.2, 0.25) is 0 Å². The summed E-state index contributed by atoms with van der Waals surface area (Å²) < 4.78 is 77.8. The number of rotatable bonds is 20. The second kappa shape index (κ2) is 28.0. The lowest BCUT2D eigenvalue weighted by molar-refractivity contribution is -0.397. The summed E-state index contributed by atoms with van der Waals surface area (Å²) in [6.45, 7) is -6.36. The Bertz CT molecular complexity index is 1790. The second-order valence-corrected chi connectivity index (χ2v) is 19.7. The topological polar surface area (TPSA) is 554 Å². The van der Waals surface area contributed by atoms with Crippen molar-refractivity contribution < 1.29 is 174 Å². The van der Waals surface area contributed by atoms with Gasteiger partial charge in [-0.05, 0) is 0 Å². The number of hydrogen-bond donors (Lipinski definition) is 21. The highest BCUT2D eigenvalue weighted by Gasteiger charge is 2.58.